The molecule has 2 aromatic rings. The second-order valence-corrected chi connectivity index (χ2v) is 6.37. The first-order chi connectivity index (χ1) is 9.66. The van der Waals surface area contributed by atoms with Crippen molar-refractivity contribution in [3.63, 3.8) is 0 Å². The Balaban J connectivity index is 2.03. The zero-order chi connectivity index (χ0) is 14.1. The predicted octanol–water partition coefficient (Wildman–Crippen LogP) is 3.44. The third-order valence-electron chi connectivity index (χ3n) is 4.10. The Morgan fingerprint density at radius 2 is 2.10 bits per heavy atom. The Bertz CT molecular complexity index is 609. The fourth-order valence-corrected chi connectivity index (χ4v) is 3.39. The van der Waals surface area contributed by atoms with E-state index in [1.807, 2.05) is 22.9 Å². The van der Waals surface area contributed by atoms with Crippen LogP contribution in [-0.4, -0.2) is 20.2 Å². The highest BCUT2D eigenvalue weighted by atomic mass is 79.9. The highest BCUT2D eigenvalue weighted by Crippen LogP contribution is 2.36. The zero-order valence-corrected chi connectivity index (χ0v) is 13.0. The maximum atomic E-state index is 5.89. The molecule has 6 heteroatoms. The van der Waals surface area contributed by atoms with E-state index in [-0.39, 0.29) is 0 Å². The quantitative estimate of drug-likeness (QED) is 0.853. The van der Waals surface area contributed by atoms with Crippen LogP contribution < -0.4 is 5.73 Å². The molecule has 20 heavy (non-hydrogen) atoms. The van der Waals surface area contributed by atoms with Gasteiger partial charge in [0, 0.05) is 15.7 Å². The van der Waals surface area contributed by atoms with Crippen molar-refractivity contribution < 1.29 is 0 Å². The molecule has 0 amide bonds. The van der Waals surface area contributed by atoms with Gasteiger partial charge in [-0.15, -0.1) is 5.10 Å². The molecular formula is C14H18BrN5. The van der Waals surface area contributed by atoms with E-state index >= 15 is 0 Å². The molecule has 1 heterocycles. The Kier molecular flexibility index (Phi) is 3.74. The number of nitrogens with zero attached hydrogens (tertiary/aromatic N) is 4. The molecule has 1 aliphatic carbocycles. The third kappa shape index (κ3) is 2.44. The number of anilines is 1. The number of benzene rings is 1. The van der Waals surface area contributed by atoms with Crippen LogP contribution in [0.15, 0.2) is 22.7 Å². The Morgan fingerprint density at radius 1 is 1.30 bits per heavy atom. The molecule has 106 valence electrons. The molecule has 0 saturated heterocycles. The number of halogens is 1. The first-order valence-corrected chi connectivity index (χ1v) is 7.79. The molecule has 2 N–H and O–H groups in total. The van der Waals surface area contributed by atoms with Crippen LogP contribution in [0.2, 0.25) is 0 Å². The van der Waals surface area contributed by atoms with Gasteiger partial charge in [0.15, 0.2) is 5.82 Å². The van der Waals surface area contributed by atoms with Crippen molar-refractivity contribution in [2.75, 3.05) is 5.73 Å². The molecule has 0 aliphatic heterocycles. The van der Waals surface area contributed by atoms with Crippen LogP contribution in [0.1, 0.15) is 38.6 Å². The van der Waals surface area contributed by atoms with Crippen LogP contribution in [0.5, 0.6) is 0 Å². The molecule has 2 unspecified atom stereocenters. The molecule has 0 bridgehead atoms. The summed E-state index contributed by atoms with van der Waals surface area (Å²) in [6, 6.07) is 6.10. The first kappa shape index (κ1) is 13.5. The standard InChI is InChI=1S/C14H18BrN5/c1-9-4-2-3-5-13(9)20-14(17-18-19-20)11-8-10(16)6-7-12(11)15/h6-9,13H,2-5,16H2,1H3. The third-order valence-corrected chi connectivity index (χ3v) is 4.80. The molecule has 5 nitrogen and oxygen atoms in total. The molecule has 0 spiro atoms. The van der Waals surface area contributed by atoms with Crippen molar-refractivity contribution in [2.45, 2.75) is 38.6 Å². The van der Waals surface area contributed by atoms with Gasteiger partial charge in [0.25, 0.3) is 0 Å². The van der Waals surface area contributed by atoms with E-state index < -0.39 is 0 Å². The summed E-state index contributed by atoms with van der Waals surface area (Å²) < 4.78 is 2.94. The number of tetrazole rings is 1. The topological polar surface area (TPSA) is 69.6 Å². The van der Waals surface area contributed by atoms with Crippen LogP contribution >= 0.6 is 15.9 Å². The molecule has 1 saturated carbocycles. The van der Waals surface area contributed by atoms with Gasteiger partial charge in [-0.3, -0.25) is 0 Å². The van der Waals surface area contributed by atoms with Crippen molar-refractivity contribution in [3.05, 3.63) is 22.7 Å². The lowest BCUT2D eigenvalue weighted by Crippen LogP contribution is -2.23. The van der Waals surface area contributed by atoms with Crippen LogP contribution in [0.3, 0.4) is 0 Å². The van der Waals surface area contributed by atoms with Gasteiger partial charge >= 0.3 is 0 Å². The average Bonchev–Trinajstić information content (AvgIpc) is 2.91. The van der Waals surface area contributed by atoms with E-state index in [1.54, 1.807) is 0 Å². The van der Waals surface area contributed by atoms with Crippen molar-refractivity contribution in [2.24, 2.45) is 5.92 Å². The molecule has 1 aromatic carbocycles. The summed E-state index contributed by atoms with van der Waals surface area (Å²) in [5, 5.41) is 12.3. The van der Waals surface area contributed by atoms with Crippen molar-refractivity contribution >= 4 is 21.6 Å². The minimum atomic E-state index is 0.377. The summed E-state index contributed by atoms with van der Waals surface area (Å²) >= 11 is 3.56. The minimum Gasteiger partial charge on any atom is -0.399 e. The van der Waals surface area contributed by atoms with Crippen molar-refractivity contribution in [1.29, 1.82) is 0 Å². The van der Waals surface area contributed by atoms with E-state index in [9.17, 15) is 0 Å². The van der Waals surface area contributed by atoms with E-state index in [0.717, 1.165) is 28.0 Å². The lowest BCUT2D eigenvalue weighted by Gasteiger charge is -2.29. The summed E-state index contributed by atoms with van der Waals surface area (Å²) in [7, 11) is 0. The number of rotatable bonds is 2. The van der Waals surface area contributed by atoms with Gasteiger partial charge in [-0.1, -0.05) is 35.7 Å². The fraction of sp³-hybridized carbons (Fsp3) is 0.500. The van der Waals surface area contributed by atoms with Gasteiger partial charge in [0.05, 0.1) is 6.04 Å². The summed E-state index contributed by atoms with van der Waals surface area (Å²) in [5.41, 5.74) is 7.56. The van der Waals surface area contributed by atoms with E-state index in [4.69, 9.17) is 5.73 Å². The highest BCUT2D eigenvalue weighted by Gasteiger charge is 2.27. The predicted molar refractivity (Wildman–Crippen MR) is 82.0 cm³/mol. The lowest BCUT2D eigenvalue weighted by atomic mass is 9.86. The minimum absolute atomic E-state index is 0.377. The molecule has 3 rings (SSSR count). The number of hydrogen-bond acceptors (Lipinski definition) is 4. The molecule has 1 fully saturated rings. The van der Waals surface area contributed by atoms with Gasteiger partial charge in [-0.05, 0) is 47.4 Å². The zero-order valence-electron chi connectivity index (χ0n) is 11.5. The summed E-state index contributed by atoms with van der Waals surface area (Å²) in [4.78, 5) is 0. The summed E-state index contributed by atoms with van der Waals surface area (Å²) in [6.45, 7) is 2.28. The fourth-order valence-electron chi connectivity index (χ4n) is 2.97. The van der Waals surface area contributed by atoms with E-state index in [1.165, 1.54) is 19.3 Å². The highest BCUT2D eigenvalue weighted by molar-refractivity contribution is 9.10. The van der Waals surface area contributed by atoms with Gasteiger partial charge in [0.2, 0.25) is 0 Å². The normalized spacial score (nSPS) is 22.9. The van der Waals surface area contributed by atoms with Gasteiger partial charge in [-0.2, -0.15) is 0 Å². The van der Waals surface area contributed by atoms with Crippen LogP contribution in [0.25, 0.3) is 11.4 Å². The van der Waals surface area contributed by atoms with Crippen LogP contribution in [-0.2, 0) is 0 Å². The second kappa shape index (κ2) is 5.52. The summed E-state index contributed by atoms with van der Waals surface area (Å²) in [5.74, 6) is 1.40. The van der Waals surface area contributed by atoms with E-state index in [2.05, 4.69) is 38.4 Å². The van der Waals surface area contributed by atoms with Gasteiger partial charge in [0.1, 0.15) is 0 Å². The Hall–Kier alpha value is -1.43. The average molecular weight is 336 g/mol. The van der Waals surface area contributed by atoms with Gasteiger partial charge < -0.3 is 5.73 Å². The smallest absolute Gasteiger partial charge is 0.183 e. The maximum Gasteiger partial charge on any atom is 0.183 e. The molecule has 1 aliphatic rings. The second-order valence-electron chi connectivity index (χ2n) is 5.52. The number of nitrogens with two attached hydrogens (primary N) is 1. The molecule has 2 atom stereocenters. The Labute approximate surface area is 126 Å². The molecule has 1 aromatic heterocycles. The van der Waals surface area contributed by atoms with E-state index in [0.29, 0.717) is 12.0 Å². The first-order valence-electron chi connectivity index (χ1n) is 7.00. The maximum absolute atomic E-state index is 5.89. The SMILES string of the molecule is CC1CCCCC1n1nnnc1-c1cc(N)ccc1Br. The monoisotopic (exact) mass is 335 g/mol. The Morgan fingerprint density at radius 3 is 2.90 bits per heavy atom. The summed E-state index contributed by atoms with van der Waals surface area (Å²) in [6.07, 6.45) is 4.92. The number of aromatic nitrogens is 4. The van der Waals surface area contributed by atoms with Crippen molar-refractivity contribution in [3.8, 4) is 11.4 Å². The molecular weight excluding hydrogens is 318 g/mol. The van der Waals surface area contributed by atoms with Gasteiger partial charge in [-0.25, -0.2) is 4.68 Å². The molecule has 0 radical (unpaired) electrons. The van der Waals surface area contributed by atoms with Crippen molar-refractivity contribution in [1.82, 2.24) is 20.2 Å². The van der Waals surface area contributed by atoms with Crippen LogP contribution in [0.4, 0.5) is 5.69 Å². The largest absolute Gasteiger partial charge is 0.399 e. The van der Waals surface area contributed by atoms with Crippen LogP contribution in [0, 0.1) is 5.92 Å². The number of hydrogen-bond donors (Lipinski definition) is 1. The number of nitrogen functional groups attached to an aromatic ring is 1. The lowest BCUT2D eigenvalue weighted by molar-refractivity contribution is 0.239.